The van der Waals surface area contributed by atoms with Crippen LogP contribution >= 0.6 is 0 Å². The van der Waals surface area contributed by atoms with Crippen molar-refractivity contribution < 1.29 is 14.2 Å². The number of nitrogens with zero attached hydrogens (tertiary/aromatic N) is 3. The number of aliphatic hydroxyl groups excluding tert-OH is 1. The zero-order valence-electron chi connectivity index (χ0n) is 11.3. The number of rotatable bonds is 2. The second-order valence-electron chi connectivity index (χ2n) is 5.38. The molecule has 108 valence electrons. The van der Waals surface area contributed by atoms with E-state index in [0.29, 0.717) is 17.0 Å². The number of nitrogen functional groups attached to an aromatic ring is 1. The largest absolute Gasteiger partial charge is 0.394 e. The Bertz CT molecular complexity index is 642. The third kappa shape index (κ3) is 1.70. The van der Waals surface area contributed by atoms with E-state index in [9.17, 15) is 9.50 Å². The highest BCUT2D eigenvalue weighted by Gasteiger charge is 2.53. The van der Waals surface area contributed by atoms with Crippen LogP contribution in [0.25, 0.3) is 5.52 Å². The highest BCUT2D eigenvalue weighted by Crippen LogP contribution is 2.47. The lowest BCUT2D eigenvalue weighted by molar-refractivity contribution is -0.0200. The summed E-state index contributed by atoms with van der Waals surface area (Å²) >= 11 is 0. The van der Waals surface area contributed by atoms with Gasteiger partial charge < -0.3 is 15.6 Å². The Labute approximate surface area is 115 Å². The van der Waals surface area contributed by atoms with E-state index < -0.39 is 23.8 Å². The minimum atomic E-state index is -1.60. The van der Waals surface area contributed by atoms with E-state index in [2.05, 4.69) is 10.1 Å². The predicted octanol–water partition coefficient (Wildman–Crippen LogP) is 1.11. The van der Waals surface area contributed by atoms with Crippen LogP contribution < -0.4 is 5.73 Å². The van der Waals surface area contributed by atoms with E-state index in [-0.39, 0.29) is 6.61 Å². The van der Waals surface area contributed by atoms with Gasteiger partial charge in [0.15, 0.2) is 5.82 Å². The van der Waals surface area contributed by atoms with Gasteiger partial charge in [0.05, 0.1) is 18.4 Å². The van der Waals surface area contributed by atoms with Crippen molar-refractivity contribution in [1.29, 1.82) is 0 Å². The Morgan fingerprint density at radius 3 is 2.95 bits per heavy atom. The average Bonchev–Trinajstić information content (AvgIpc) is 2.92. The average molecular weight is 280 g/mol. The van der Waals surface area contributed by atoms with Crippen molar-refractivity contribution in [3.8, 4) is 0 Å². The standard InChI is InChI=1S/C13H17FN4O2/c1-7-10(5-19)20-11(13(7,2)14)8-3-4-9-12(15)16-6-17-18(8)9/h3-4,6-7,10-11,19H,5H2,1-2H3,(H2,15,16,17)/t7-,10-,11+,13-/m1/s1. The maximum absolute atomic E-state index is 15.0. The number of alkyl halides is 1. The summed E-state index contributed by atoms with van der Waals surface area (Å²) in [7, 11) is 0. The minimum Gasteiger partial charge on any atom is -0.394 e. The van der Waals surface area contributed by atoms with Crippen molar-refractivity contribution in [1.82, 2.24) is 14.6 Å². The number of halogens is 1. The molecule has 0 unspecified atom stereocenters. The molecule has 0 bridgehead atoms. The summed E-state index contributed by atoms with van der Waals surface area (Å²) < 4.78 is 22.2. The lowest BCUT2D eigenvalue weighted by Gasteiger charge is -2.24. The van der Waals surface area contributed by atoms with Crippen LogP contribution in [0.3, 0.4) is 0 Å². The van der Waals surface area contributed by atoms with Gasteiger partial charge in [-0.2, -0.15) is 5.10 Å². The van der Waals surface area contributed by atoms with Crippen LogP contribution in [0.2, 0.25) is 0 Å². The summed E-state index contributed by atoms with van der Waals surface area (Å²) in [6.07, 6.45) is -0.00488. The first kappa shape index (κ1) is 13.3. The zero-order valence-corrected chi connectivity index (χ0v) is 11.3. The van der Waals surface area contributed by atoms with Gasteiger partial charge in [0, 0.05) is 5.92 Å². The quantitative estimate of drug-likeness (QED) is 0.860. The van der Waals surface area contributed by atoms with Gasteiger partial charge in [-0.05, 0) is 19.1 Å². The van der Waals surface area contributed by atoms with E-state index in [1.54, 1.807) is 19.1 Å². The van der Waals surface area contributed by atoms with Crippen molar-refractivity contribution in [2.75, 3.05) is 12.3 Å². The van der Waals surface area contributed by atoms with Crippen LogP contribution in [0.5, 0.6) is 0 Å². The maximum Gasteiger partial charge on any atom is 0.151 e. The first-order valence-corrected chi connectivity index (χ1v) is 6.50. The zero-order chi connectivity index (χ0) is 14.5. The van der Waals surface area contributed by atoms with Gasteiger partial charge in [0.25, 0.3) is 0 Å². The molecule has 0 aliphatic carbocycles. The molecule has 3 rings (SSSR count). The van der Waals surface area contributed by atoms with Crippen LogP contribution in [0.1, 0.15) is 25.6 Å². The second-order valence-corrected chi connectivity index (χ2v) is 5.38. The maximum atomic E-state index is 15.0. The molecule has 1 fully saturated rings. The van der Waals surface area contributed by atoms with Gasteiger partial charge in [-0.1, -0.05) is 6.92 Å². The molecular weight excluding hydrogens is 263 g/mol. The molecular formula is C13H17FN4O2. The van der Waals surface area contributed by atoms with E-state index in [1.807, 2.05) is 0 Å². The predicted molar refractivity (Wildman–Crippen MR) is 70.8 cm³/mol. The molecule has 2 aromatic rings. The monoisotopic (exact) mass is 280 g/mol. The molecule has 3 N–H and O–H groups in total. The SMILES string of the molecule is C[C@@H]1[C@@H](CO)O[C@@H](c2ccc3c(N)ncnn23)[C@]1(C)F. The topological polar surface area (TPSA) is 85.7 Å². The van der Waals surface area contributed by atoms with Gasteiger partial charge in [0.1, 0.15) is 23.6 Å². The smallest absolute Gasteiger partial charge is 0.151 e. The van der Waals surface area contributed by atoms with Gasteiger partial charge in [0.2, 0.25) is 0 Å². The number of nitrogens with two attached hydrogens (primary N) is 1. The Morgan fingerprint density at radius 2 is 2.30 bits per heavy atom. The van der Waals surface area contributed by atoms with Gasteiger partial charge in [-0.3, -0.25) is 0 Å². The van der Waals surface area contributed by atoms with Crippen LogP contribution in [0.15, 0.2) is 18.5 Å². The van der Waals surface area contributed by atoms with Crippen molar-refractivity contribution in [2.45, 2.75) is 31.7 Å². The molecule has 7 heteroatoms. The Hall–Kier alpha value is -1.73. The lowest BCUT2D eigenvalue weighted by atomic mass is 9.86. The van der Waals surface area contributed by atoms with Crippen molar-refractivity contribution in [2.24, 2.45) is 5.92 Å². The molecule has 0 amide bonds. The summed E-state index contributed by atoms with van der Waals surface area (Å²) in [6.45, 7) is 3.01. The van der Waals surface area contributed by atoms with Crippen molar-refractivity contribution in [3.05, 3.63) is 24.2 Å². The molecule has 0 saturated carbocycles. The molecule has 1 saturated heterocycles. The molecule has 0 spiro atoms. The number of ether oxygens (including phenoxy) is 1. The molecule has 4 atom stereocenters. The fourth-order valence-electron chi connectivity index (χ4n) is 2.76. The molecule has 6 nitrogen and oxygen atoms in total. The fourth-order valence-corrected chi connectivity index (χ4v) is 2.76. The summed E-state index contributed by atoms with van der Waals surface area (Å²) in [6, 6.07) is 3.47. The van der Waals surface area contributed by atoms with Crippen LogP contribution in [-0.4, -0.2) is 38.1 Å². The van der Waals surface area contributed by atoms with Crippen molar-refractivity contribution >= 4 is 11.3 Å². The number of aliphatic hydroxyl groups is 1. The van der Waals surface area contributed by atoms with Crippen molar-refractivity contribution in [3.63, 3.8) is 0 Å². The number of hydrogen-bond acceptors (Lipinski definition) is 5. The summed E-state index contributed by atoms with van der Waals surface area (Å²) in [5.74, 6) is -0.0844. The number of hydrogen-bond donors (Lipinski definition) is 2. The van der Waals surface area contributed by atoms with Gasteiger partial charge >= 0.3 is 0 Å². The Balaban J connectivity index is 2.10. The highest BCUT2D eigenvalue weighted by atomic mass is 19.1. The fraction of sp³-hybridized carbons (Fsp3) is 0.538. The van der Waals surface area contributed by atoms with E-state index in [1.165, 1.54) is 17.8 Å². The number of fused-ring (bicyclic) bond motifs is 1. The molecule has 2 aromatic heterocycles. The van der Waals surface area contributed by atoms with E-state index in [4.69, 9.17) is 10.5 Å². The highest BCUT2D eigenvalue weighted by molar-refractivity contribution is 5.65. The van der Waals surface area contributed by atoms with Gasteiger partial charge in [-0.25, -0.2) is 13.9 Å². The first-order valence-electron chi connectivity index (χ1n) is 6.50. The molecule has 1 aliphatic rings. The molecule has 3 heterocycles. The number of anilines is 1. The Morgan fingerprint density at radius 1 is 1.55 bits per heavy atom. The first-order chi connectivity index (χ1) is 9.46. The molecule has 1 aliphatic heterocycles. The van der Waals surface area contributed by atoms with Crippen LogP contribution in [0.4, 0.5) is 10.2 Å². The minimum absolute atomic E-state index is 0.211. The third-order valence-corrected chi connectivity index (χ3v) is 4.23. The second kappa shape index (κ2) is 4.39. The molecule has 0 radical (unpaired) electrons. The molecule has 0 aromatic carbocycles. The Kier molecular flexibility index (Phi) is 2.91. The molecule has 20 heavy (non-hydrogen) atoms. The van der Waals surface area contributed by atoms with E-state index >= 15 is 0 Å². The lowest BCUT2D eigenvalue weighted by Crippen LogP contribution is -2.32. The summed E-state index contributed by atoms with van der Waals surface area (Å²) in [4.78, 5) is 3.90. The summed E-state index contributed by atoms with van der Waals surface area (Å²) in [5.41, 5.74) is 5.36. The number of aromatic nitrogens is 3. The van der Waals surface area contributed by atoms with Gasteiger partial charge in [-0.15, -0.1) is 0 Å². The van der Waals surface area contributed by atoms with Crippen LogP contribution in [-0.2, 0) is 4.74 Å². The van der Waals surface area contributed by atoms with Crippen LogP contribution in [0, 0.1) is 5.92 Å². The van der Waals surface area contributed by atoms with E-state index in [0.717, 1.165) is 0 Å². The normalized spacial score (nSPS) is 33.9. The summed E-state index contributed by atoms with van der Waals surface area (Å²) in [5, 5.41) is 13.4. The third-order valence-electron chi connectivity index (χ3n) is 4.23.